The lowest BCUT2D eigenvalue weighted by Gasteiger charge is -2.24. The summed E-state index contributed by atoms with van der Waals surface area (Å²) in [4.78, 5) is 13.8. The van der Waals surface area contributed by atoms with Crippen molar-refractivity contribution in [2.24, 2.45) is 5.92 Å². The number of aromatic nitrogens is 5. The lowest BCUT2D eigenvalue weighted by Crippen LogP contribution is -2.18. The second kappa shape index (κ2) is 7.55. The molecule has 1 saturated carbocycles. The van der Waals surface area contributed by atoms with Crippen molar-refractivity contribution in [2.75, 3.05) is 6.26 Å². The van der Waals surface area contributed by atoms with Crippen LogP contribution in [0.15, 0.2) is 53.9 Å². The molecule has 146 valence electrons. The highest BCUT2D eigenvalue weighted by Gasteiger charge is 2.20. The number of pyridine rings is 1. The fourth-order valence-corrected chi connectivity index (χ4v) is 4.01. The zero-order chi connectivity index (χ0) is 19.8. The first-order valence-electron chi connectivity index (χ1n) is 9.71. The van der Waals surface area contributed by atoms with Crippen LogP contribution in [0.25, 0.3) is 33.5 Å². The number of hydrogen-bond donors (Lipinski definition) is 0. The van der Waals surface area contributed by atoms with Crippen LogP contribution in [0.2, 0.25) is 0 Å². The van der Waals surface area contributed by atoms with Crippen LogP contribution in [0.5, 0.6) is 0 Å². The van der Waals surface area contributed by atoms with E-state index in [2.05, 4.69) is 22.2 Å². The van der Waals surface area contributed by atoms with Crippen molar-refractivity contribution in [3.63, 3.8) is 0 Å². The maximum atomic E-state index is 13.5. The second-order valence-electron chi connectivity index (χ2n) is 7.38. The second-order valence-corrected chi connectivity index (χ2v) is 8.15. The van der Waals surface area contributed by atoms with Crippen LogP contribution in [0, 0.1) is 11.7 Å². The molecule has 1 fully saturated rings. The first-order chi connectivity index (χ1) is 14.2. The third-order valence-corrected chi connectivity index (χ3v) is 5.98. The fraction of sp³-hybridized carbons (Fsp3) is 0.273. The van der Waals surface area contributed by atoms with Crippen molar-refractivity contribution in [1.82, 2.24) is 24.7 Å². The molecule has 1 aliphatic carbocycles. The Morgan fingerprint density at radius 1 is 1.14 bits per heavy atom. The molecule has 0 N–H and O–H groups in total. The van der Waals surface area contributed by atoms with E-state index in [4.69, 9.17) is 10.1 Å². The quantitative estimate of drug-likeness (QED) is 0.337. The van der Waals surface area contributed by atoms with Crippen LogP contribution < -0.4 is 0 Å². The molecule has 0 bridgehead atoms. The van der Waals surface area contributed by atoms with Crippen LogP contribution in [-0.2, 0) is 6.54 Å². The molecule has 3 heterocycles. The molecule has 0 amide bonds. The Kier molecular flexibility index (Phi) is 4.75. The number of thioether (sulfide) groups is 1. The Bertz CT molecular complexity index is 1170. The molecule has 0 aliphatic heterocycles. The number of fused-ring (bicyclic) bond motifs is 1. The minimum Gasteiger partial charge on any atom is -0.270 e. The molecular formula is C22H20FN5S. The Hall–Kier alpha value is -2.80. The van der Waals surface area contributed by atoms with E-state index < -0.39 is 0 Å². The lowest BCUT2D eigenvalue weighted by molar-refractivity contribution is 0.267. The summed E-state index contributed by atoms with van der Waals surface area (Å²) < 4.78 is 15.5. The number of nitrogens with zero attached hydrogens (tertiary/aromatic N) is 5. The van der Waals surface area contributed by atoms with Crippen molar-refractivity contribution < 1.29 is 4.39 Å². The first kappa shape index (κ1) is 18.2. The summed E-state index contributed by atoms with van der Waals surface area (Å²) in [5.41, 5.74) is 3.97. The smallest absolute Gasteiger partial charge is 0.187 e. The molecule has 1 aliphatic rings. The molecule has 29 heavy (non-hydrogen) atoms. The van der Waals surface area contributed by atoms with Gasteiger partial charge < -0.3 is 0 Å². The van der Waals surface area contributed by atoms with Crippen molar-refractivity contribution in [3.05, 3.63) is 54.6 Å². The number of hydrogen-bond acceptors (Lipinski definition) is 5. The van der Waals surface area contributed by atoms with Gasteiger partial charge in [-0.15, -0.1) is 0 Å². The molecule has 5 nitrogen and oxygen atoms in total. The zero-order valence-corrected chi connectivity index (χ0v) is 16.9. The summed E-state index contributed by atoms with van der Waals surface area (Å²) in [7, 11) is 0. The first-order valence-corrected chi connectivity index (χ1v) is 10.9. The Morgan fingerprint density at radius 3 is 2.69 bits per heavy atom. The van der Waals surface area contributed by atoms with Gasteiger partial charge in [-0.05, 0) is 61.4 Å². The largest absolute Gasteiger partial charge is 0.270 e. The van der Waals surface area contributed by atoms with Crippen LogP contribution >= 0.6 is 11.8 Å². The van der Waals surface area contributed by atoms with Crippen LogP contribution in [0.3, 0.4) is 0 Å². The summed E-state index contributed by atoms with van der Waals surface area (Å²) in [6, 6.07) is 10.4. The maximum Gasteiger partial charge on any atom is 0.187 e. The average Bonchev–Trinajstić information content (AvgIpc) is 3.12. The standard InChI is InChI=1S/C22H20FN5S/c1-29-22-24-10-9-19(25-22)18-11-16-13-28(12-14-3-2-4-14)27-21(16)26-20(18)15-5-7-17(23)8-6-15/h5-11,13-14H,2-4,12H2,1H3. The minimum absolute atomic E-state index is 0.271. The normalized spacial score (nSPS) is 14.3. The van der Waals surface area contributed by atoms with Gasteiger partial charge in [-0.25, -0.2) is 19.3 Å². The van der Waals surface area contributed by atoms with Crippen molar-refractivity contribution in [2.45, 2.75) is 31.0 Å². The van der Waals surface area contributed by atoms with Crippen molar-refractivity contribution in [3.8, 4) is 22.5 Å². The lowest BCUT2D eigenvalue weighted by atomic mass is 9.85. The molecule has 0 atom stereocenters. The Labute approximate surface area is 172 Å². The Balaban J connectivity index is 1.66. The van der Waals surface area contributed by atoms with Crippen LogP contribution in [-0.4, -0.2) is 31.0 Å². The molecule has 0 saturated heterocycles. The van der Waals surface area contributed by atoms with E-state index in [1.807, 2.05) is 17.0 Å². The fourth-order valence-electron chi connectivity index (χ4n) is 3.65. The van der Waals surface area contributed by atoms with Crippen LogP contribution in [0.4, 0.5) is 4.39 Å². The predicted molar refractivity (Wildman–Crippen MR) is 113 cm³/mol. The van der Waals surface area contributed by atoms with Gasteiger partial charge >= 0.3 is 0 Å². The predicted octanol–water partition coefficient (Wildman–Crippen LogP) is 5.22. The average molecular weight is 406 g/mol. The number of halogens is 1. The van der Waals surface area contributed by atoms with Crippen LogP contribution in [0.1, 0.15) is 19.3 Å². The highest BCUT2D eigenvalue weighted by molar-refractivity contribution is 7.98. The van der Waals surface area contributed by atoms with E-state index in [0.717, 1.165) is 34.4 Å². The number of rotatable bonds is 5. The summed E-state index contributed by atoms with van der Waals surface area (Å²) in [5, 5.41) is 6.38. The summed E-state index contributed by atoms with van der Waals surface area (Å²) in [6.45, 7) is 0.932. The van der Waals surface area contributed by atoms with E-state index >= 15 is 0 Å². The van der Waals surface area contributed by atoms with Crippen molar-refractivity contribution in [1.29, 1.82) is 0 Å². The highest BCUT2D eigenvalue weighted by atomic mass is 32.2. The van der Waals surface area contributed by atoms with E-state index in [0.29, 0.717) is 16.7 Å². The third kappa shape index (κ3) is 3.62. The summed E-state index contributed by atoms with van der Waals surface area (Å²) in [6.07, 6.45) is 9.63. The SMILES string of the molecule is CSc1nccc(-c2cc3cn(CC4CCC4)nc3nc2-c2ccc(F)cc2)n1. The molecule has 3 aromatic heterocycles. The van der Waals surface area contributed by atoms with E-state index in [1.165, 1.54) is 43.2 Å². The Morgan fingerprint density at radius 2 is 1.97 bits per heavy atom. The third-order valence-electron chi connectivity index (χ3n) is 5.42. The van der Waals surface area contributed by atoms with E-state index in [1.54, 1.807) is 18.3 Å². The highest BCUT2D eigenvalue weighted by Crippen LogP contribution is 2.33. The van der Waals surface area contributed by atoms with Gasteiger partial charge in [0.15, 0.2) is 10.8 Å². The minimum atomic E-state index is -0.271. The molecule has 7 heteroatoms. The molecule has 4 aromatic rings. The topological polar surface area (TPSA) is 56.5 Å². The van der Waals surface area contributed by atoms with Crippen molar-refractivity contribution >= 4 is 22.8 Å². The van der Waals surface area contributed by atoms with Gasteiger partial charge in [-0.3, -0.25) is 4.68 Å². The van der Waals surface area contributed by atoms with Gasteiger partial charge in [0.2, 0.25) is 0 Å². The van der Waals surface area contributed by atoms with Gasteiger partial charge in [-0.1, -0.05) is 18.2 Å². The molecule has 1 aromatic carbocycles. The van der Waals surface area contributed by atoms with Gasteiger partial charge in [-0.2, -0.15) is 5.10 Å². The van der Waals surface area contributed by atoms with Gasteiger partial charge in [0.25, 0.3) is 0 Å². The van der Waals surface area contributed by atoms with E-state index in [-0.39, 0.29) is 5.82 Å². The summed E-state index contributed by atoms with van der Waals surface area (Å²) >= 11 is 1.50. The molecule has 0 unspecified atom stereocenters. The van der Waals surface area contributed by atoms with Gasteiger partial charge in [0.05, 0.1) is 11.4 Å². The van der Waals surface area contributed by atoms with Gasteiger partial charge in [0.1, 0.15) is 5.82 Å². The summed E-state index contributed by atoms with van der Waals surface area (Å²) in [5.74, 6) is 0.444. The van der Waals surface area contributed by atoms with Gasteiger partial charge in [0, 0.05) is 35.5 Å². The van der Waals surface area contributed by atoms with E-state index in [9.17, 15) is 4.39 Å². The molecular weight excluding hydrogens is 385 g/mol. The zero-order valence-electron chi connectivity index (χ0n) is 16.0. The maximum absolute atomic E-state index is 13.5. The molecule has 0 radical (unpaired) electrons. The monoisotopic (exact) mass is 405 g/mol. The molecule has 5 rings (SSSR count). The molecule has 0 spiro atoms. The number of benzene rings is 1.